The molecule has 2 rings (SSSR count). The van der Waals surface area contributed by atoms with Gasteiger partial charge in [-0.3, -0.25) is 9.63 Å². The number of hydrogen-bond donors (Lipinski definition) is 0. The zero-order valence-electron chi connectivity index (χ0n) is 8.28. The molecule has 0 bridgehead atoms. The molecule has 0 atom stereocenters. The minimum atomic E-state index is -0.0753. The summed E-state index contributed by atoms with van der Waals surface area (Å²) >= 11 is 5.67. The van der Waals surface area contributed by atoms with Crippen LogP contribution in [-0.4, -0.2) is 24.1 Å². The number of benzene rings is 1. The van der Waals surface area contributed by atoms with E-state index in [-0.39, 0.29) is 5.91 Å². The average Bonchev–Trinajstić information content (AvgIpc) is 2.82. The number of hydrogen-bond acceptors (Lipinski definition) is 2. The van der Waals surface area contributed by atoms with E-state index < -0.39 is 0 Å². The van der Waals surface area contributed by atoms with Gasteiger partial charge in [-0.1, -0.05) is 12.1 Å². The van der Waals surface area contributed by atoms with E-state index in [4.69, 9.17) is 16.4 Å². The first-order valence-electron chi connectivity index (χ1n) is 4.91. The number of halogens is 1. The van der Waals surface area contributed by atoms with Crippen molar-refractivity contribution < 1.29 is 9.63 Å². The van der Waals surface area contributed by atoms with Crippen molar-refractivity contribution in [2.45, 2.75) is 12.3 Å². The second-order valence-electron chi connectivity index (χ2n) is 3.42. The molecule has 0 aromatic heterocycles. The fourth-order valence-electron chi connectivity index (χ4n) is 1.49. The monoisotopic (exact) mass is 225 g/mol. The van der Waals surface area contributed by atoms with Gasteiger partial charge in [0, 0.05) is 11.4 Å². The molecule has 0 aliphatic carbocycles. The third kappa shape index (κ3) is 2.30. The van der Waals surface area contributed by atoms with Crippen LogP contribution in [0.4, 0.5) is 0 Å². The third-order valence-corrected chi connectivity index (χ3v) is 2.64. The summed E-state index contributed by atoms with van der Waals surface area (Å²) in [6.07, 6.45) is 0.908. The second kappa shape index (κ2) is 4.64. The van der Waals surface area contributed by atoms with Crippen LogP contribution in [0.5, 0.6) is 0 Å². The zero-order chi connectivity index (χ0) is 10.7. The molecule has 1 amide bonds. The van der Waals surface area contributed by atoms with Crippen LogP contribution < -0.4 is 0 Å². The van der Waals surface area contributed by atoms with Crippen LogP contribution in [0.15, 0.2) is 24.3 Å². The molecule has 1 aliphatic heterocycles. The maximum atomic E-state index is 11.8. The highest BCUT2D eigenvalue weighted by Crippen LogP contribution is 2.12. The van der Waals surface area contributed by atoms with Crippen LogP contribution in [0.3, 0.4) is 0 Å². The molecular weight excluding hydrogens is 214 g/mol. The summed E-state index contributed by atoms with van der Waals surface area (Å²) in [7, 11) is 0. The zero-order valence-corrected chi connectivity index (χ0v) is 9.04. The molecule has 0 saturated carbocycles. The number of amides is 1. The molecule has 1 aliphatic rings. The number of hydroxylamine groups is 2. The number of rotatable bonds is 2. The van der Waals surface area contributed by atoms with Crippen LogP contribution in [0.25, 0.3) is 0 Å². The van der Waals surface area contributed by atoms with Gasteiger partial charge < -0.3 is 0 Å². The van der Waals surface area contributed by atoms with Gasteiger partial charge in [0.2, 0.25) is 0 Å². The van der Waals surface area contributed by atoms with Gasteiger partial charge in [0.1, 0.15) is 0 Å². The molecule has 1 saturated heterocycles. The van der Waals surface area contributed by atoms with E-state index in [9.17, 15) is 4.79 Å². The van der Waals surface area contributed by atoms with Crippen LogP contribution in [0, 0.1) is 0 Å². The van der Waals surface area contributed by atoms with Gasteiger partial charge in [-0.15, -0.1) is 11.6 Å². The molecule has 80 valence electrons. The Labute approximate surface area is 93.5 Å². The maximum Gasteiger partial charge on any atom is 0.277 e. The van der Waals surface area contributed by atoms with E-state index >= 15 is 0 Å². The first kappa shape index (κ1) is 10.5. The Bertz CT molecular complexity index is 344. The smallest absolute Gasteiger partial charge is 0.271 e. The minimum Gasteiger partial charge on any atom is -0.271 e. The lowest BCUT2D eigenvalue weighted by atomic mass is 10.1. The summed E-state index contributed by atoms with van der Waals surface area (Å²) in [4.78, 5) is 17.0. The predicted octanol–water partition coefficient (Wildman–Crippen LogP) is 2.20. The maximum absolute atomic E-state index is 11.8. The molecule has 1 fully saturated rings. The van der Waals surface area contributed by atoms with E-state index in [1.165, 1.54) is 5.06 Å². The molecular formula is C11H12ClNO2. The van der Waals surface area contributed by atoms with Crippen molar-refractivity contribution >= 4 is 17.5 Å². The number of nitrogens with zero attached hydrogens (tertiary/aromatic N) is 1. The molecule has 0 radical (unpaired) electrons. The lowest BCUT2D eigenvalue weighted by Gasteiger charge is -2.13. The fourth-order valence-corrected chi connectivity index (χ4v) is 1.67. The first-order valence-corrected chi connectivity index (χ1v) is 5.44. The molecule has 4 heteroatoms. The number of carbonyl (C=O) groups excluding carboxylic acids is 1. The molecule has 0 spiro atoms. The lowest BCUT2D eigenvalue weighted by molar-refractivity contribution is -0.0768. The van der Waals surface area contributed by atoms with Crippen molar-refractivity contribution in [1.29, 1.82) is 0 Å². The molecule has 0 N–H and O–H groups in total. The molecule has 1 heterocycles. The van der Waals surface area contributed by atoms with Crippen molar-refractivity contribution in [3.63, 3.8) is 0 Å². The molecule has 1 aromatic rings. The van der Waals surface area contributed by atoms with Gasteiger partial charge >= 0.3 is 0 Å². The highest BCUT2D eigenvalue weighted by Gasteiger charge is 2.20. The van der Waals surface area contributed by atoms with Gasteiger partial charge in [0.25, 0.3) is 5.91 Å². The van der Waals surface area contributed by atoms with Crippen molar-refractivity contribution in [1.82, 2.24) is 5.06 Å². The van der Waals surface area contributed by atoms with Gasteiger partial charge in [-0.05, 0) is 24.1 Å². The van der Waals surface area contributed by atoms with Crippen LogP contribution in [-0.2, 0) is 10.7 Å². The largest absolute Gasteiger partial charge is 0.277 e. The third-order valence-electron chi connectivity index (χ3n) is 2.33. The normalized spacial score (nSPS) is 15.7. The predicted molar refractivity (Wildman–Crippen MR) is 57.6 cm³/mol. The quantitative estimate of drug-likeness (QED) is 0.723. The summed E-state index contributed by atoms with van der Waals surface area (Å²) in [6, 6.07) is 7.27. The van der Waals surface area contributed by atoms with E-state index in [1.807, 2.05) is 12.1 Å². The van der Waals surface area contributed by atoms with Crippen LogP contribution in [0.1, 0.15) is 22.3 Å². The Morgan fingerprint density at radius 1 is 1.40 bits per heavy atom. The van der Waals surface area contributed by atoms with Crippen molar-refractivity contribution in [2.75, 3.05) is 13.2 Å². The molecule has 15 heavy (non-hydrogen) atoms. The SMILES string of the molecule is O=C(c1ccc(CCl)cc1)N1CCCO1. The van der Waals surface area contributed by atoms with Gasteiger partial charge in [-0.25, -0.2) is 5.06 Å². The summed E-state index contributed by atoms with van der Waals surface area (Å²) in [5, 5.41) is 1.41. The summed E-state index contributed by atoms with van der Waals surface area (Å²) < 4.78 is 0. The topological polar surface area (TPSA) is 29.5 Å². The van der Waals surface area contributed by atoms with Gasteiger partial charge in [0.15, 0.2) is 0 Å². The molecule has 1 aromatic carbocycles. The highest BCUT2D eigenvalue weighted by atomic mass is 35.5. The Kier molecular flexibility index (Phi) is 3.23. The Morgan fingerprint density at radius 3 is 2.67 bits per heavy atom. The lowest BCUT2D eigenvalue weighted by Crippen LogP contribution is -2.26. The number of alkyl halides is 1. The standard InChI is InChI=1S/C11H12ClNO2/c12-8-9-2-4-10(5-3-9)11(14)13-6-1-7-15-13/h2-5H,1,6-8H2. The Balaban J connectivity index is 2.11. The summed E-state index contributed by atoms with van der Waals surface area (Å²) in [5.41, 5.74) is 1.65. The highest BCUT2D eigenvalue weighted by molar-refractivity contribution is 6.17. The first-order chi connectivity index (χ1) is 7.31. The average molecular weight is 226 g/mol. The van der Waals surface area contributed by atoms with Gasteiger partial charge in [-0.2, -0.15) is 0 Å². The van der Waals surface area contributed by atoms with E-state index in [0.29, 0.717) is 24.6 Å². The van der Waals surface area contributed by atoms with E-state index in [2.05, 4.69) is 0 Å². The van der Waals surface area contributed by atoms with Crippen LogP contribution >= 0.6 is 11.6 Å². The number of carbonyl (C=O) groups is 1. The molecule has 0 unspecified atom stereocenters. The van der Waals surface area contributed by atoms with Crippen molar-refractivity contribution in [3.8, 4) is 0 Å². The van der Waals surface area contributed by atoms with Crippen LogP contribution in [0.2, 0.25) is 0 Å². The molecule has 3 nitrogen and oxygen atoms in total. The Hall–Kier alpha value is -1.06. The van der Waals surface area contributed by atoms with Crippen molar-refractivity contribution in [3.05, 3.63) is 35.4 Å². The minimum absolute atomic E-state index is 0.0753. The Morgan fingerprint density at radius 2 is 2.13 bits per heavy atom. The van der Waals surface area contributed by atoms with E-state index in [0.717, 1.165) is 12.0 Å². The fraction of sp³-hybridized carbons (Fsp3) is 0.364. The van der Waals surface area contributed by atoms with Gasteiger partial charge in [0.05, 0.1) is 13.2 Å². The van der Waals surface area contributed by atoms with Crippen molar-refractivity contribution in [2.24, 2.45) is 0 Å². The summed E-state index contributed by atoms with van der Waals surface area (Å²) in [5.74, 6) is 0.392. The second-order valence-corrected chi connectivity index (χ2v) is 3.69. The summed E-state index contributed by atoms with van der Waals surface area (Å²) in [6.45, 7) is 1.31. The van der Waals surface area contributed by atoms with E-state index in [1.54, 1.807) is 12.1 Å².